The molecule has 1 saturated heterocycles. The van der Waals surface area contributed by atoms with Crippen molar-refractivity contribution in [1.29, 1.82) is 0 Å². The number of carbonyl (C=O) groups is 2. The average molecular weight is 308 g/mol. The highest BCUT2D eigenvalue weighted by Gasteiger charge is 2.24. The molecule has 120 valence electrons. The number of hydrogen-bond acceptors (Lipinski definition) is 5. The van der Waals surface area contributed by atoms with E-state index >= 15 is 0 Å². The zero-order valence-corrected chi connectivity index (χ0v) is 12.5. The number of rotatable bonds is 5. The van der Waals surface area contributed by atoms with E-state index < -0.39 is 0 Å². The van der Waals surface area contributed by atoms with Gasteiger partial charge in [-0.2, -0.15) is 5.10 Å². The Kier molecular flexibility index (Phi) is 5.65. The quantitative estimate of drug-likeness (QED) is 0.765. The van der Waals surface area contributed by atoms with Crippen LogP contribution in [0, 0.1) is 0 Å². The van der Waals surface area contributed by atoms with Crippen LogP contribution in [0.25, 0.3) is 0 Å². The Labute approximate surface area is 127 Å². The highest BCUT2D eigenvalue weighted by molar-refractivity contribution is 5.92. The molecule has 0 aliphatic carbocycles. The van der Waals surface area contributed by atoms with Gasteiger partial charge in [-0.05, 0) is 18.9 Å². The van der Waals surface area contributed by atoms with Crippen molar-refractivity contribution in [1.82, 2.24) is 20.4 Å². The lowest BCUT2D eigenvalue weighted by molar-refractivity contribution is -0.133. The Morgan fingerprint density at radius 2 is 2.14 bits per heavy atom. The Hall–Kier alpha value is -2.22. The Morgan fingerprint density at radius 1 is 1.41 bits per heavy atom. The van der Waals surface area contributed by atoms with Crippen molar-refractivity contribution < 1.29 is 14.3 Å². The second-order valence-electron chi connectivity index (χ2n) is 5.18. The summed E-state index contributed by atoms with van der Waals surface area (Å²) >= 11 is 0. The van der Waals surface area contributed by atoms with Gasteiger partial charge in [0.05, 0.1) is 13.0 Å². The number of methoxy groups -OCH3 is 1. The number of piperidine rings is 1. The minimum absolute atomic E-state index is 0.00713. The first-order valence-electron chi connectivity index (χ1n) is 7.23. The third-order valence-corrected chi connectivity index (χ3v) is 3.61. The molecule has 0 aromatic carbocycles. The number of ether oxygens (including phenoxy) is 1. The van der Waals surface area contributed by atoms with Gasteiger partial charge in [-0.15, -0.1) is 0 Å². The predicted octanol–water partition coefficient (Wildman–Crippen LogP) is -0.473. The number of H-pyrrole nitrogens is 1. The van der Waals surface area contributed by atoms with Crippen LogP contribution in [0.2, 0.25) is 0 Å². The van der Waals surface area contributed by atoms with Crippen molar-refractivity contribution in [3.63, 3.8) is 0 Å². The minimum Gasteiger partial charge on any atom is -0.384 e. The second kappa shape index (κ2) is 7.69. The van der Waals surface area contributed by atoms with Gasteiger partial charge in [-0.1, -0.05) is 0 Å². The molecule has 0 radical (unpaired) electrons. The summed E-state index contributed by atoms with van der Waals surface area (Å²) in [5.74, 6) is -0.241. The molecule has 2 rings (SSSR count). The van der Waals surface area contributed by atoms with Crippen LogP contribution in [0.4, 0.5) is 0 Å². The van der Waals surface area contributed by atoms with Crippen molar-refractivity contribution in [3.05, 3.63) is 28.2 Å². The largest absolute Gasteiger partial charge is 0.384 e. The van der Waals surface area contributed by atoms with E-state index in [-0.39, 0.29) is 29.1 Å². The molecule has 2 amide bonds. The first-order valence-corrected chi connectivity index (χ1v) is 7.23. The molecule has 8 nitrogen and oxygen atoms in total. The predicted molar refractivity (Wildman–Crippen MR) is 78.4 cm³/mol. The van der Waals surface area contributed by atoms with E-state index in [4.69, 9.17) is 4.74 Å². The van der Waals surface area contributed by atoms with Crippen LogP contribution in [-0.2, 0) is 9.53 Å². The summed E-state index contributed by atoms with van der Waals surface area (Å²) in [6.07, 6.45) is 1.79. The zero-order valence-electron chi connectivity index (χ0n) is 12.5. The summed E-state index contributed by atoms with van der Waals surface area (Å²) in [6.45, 7) is 1.66. The van der Waals surface area contributed by atoms with E-state index in [1.807, 2.05) is 0 Å². The van der Waals surface area contributed by atoms with Gasteiger partial charge in [-0.25, -0.2) is 5.10 Å². The highest BCUT2D eigenvalue weighted by atomic mass is 16.5. The van der Waals surface area contributed by atoms with Gasteiger partial charge in [0, 0.05) is 32.3 Å². The molecule has 2 heterocycles. The van der Waals surface area contributed by atoms with Crippen molar-refractivity contribution in [2.75, 3.05) is 26.8 Å². The smallest absolute Gasteiger partial charge is 0.271 e. The van der Waals surface area contributed by atoms with E-state index in [2.05, 4.69) is 15.5 Å². The molecule has 0 atom stereocenters. The normalized spacial score (nSPS) is 15.6. The fourth-order valence-corrected chi connectivity index (χ4v) is 2.35. The van der Waals surface area contributed by atoms with Crippen LogP contribution in [0.15, 0.2) is 16.9 Å². The van der Waals surface area contributed by atoms with Gasteiger partial charge in [0.1, 0.15) is 5.69 Å². The van der Waals surface area contributed by atoms with Crippen LogP contribution in [0.5, 0.6) is 0 Å². The molecule has 22 heavy (non-hydrogen) atoms. The van der Waals surface area contributed by atoms with Crippen molar-refractivity contribution in [2.45, 2.75) is 25.3 Å². The summed E-state index contributed by atoms with van der Waals surface area (Å²) in [4.78, 5) is 36.5. The first-order chi connectivity index (χ1) is 10.6. The van der Waals surface area contributed by atoms with Crippen LogP contribution in [-0.4, -0.2) is 59.8 Å². The number of nitrogens with zero attached hydrogens (tertiary/aromatic N) is 2. The van der Waals surface area contributed by atoms with Crippen LogP contribution in [0.3, 0.4) is 0 Å². The second-order valence-corrected chi connectivity index (χ2v) is 5.18. The molecule has 1 aromatic heterocycles. The lowest BCUT2D eigenvalue weighted by Gasteiger charge is -2.32. The molecule has 1 fully saturated rings. The van der Waals surface area contributed by atoms with Crippen LogP contribution < -0.4 is 10.9 Å². The zero-order chi connectivity index (χ0) is 15.9. The summed E-state index contributed by atoms with van der Waals surface area (Å²) in [7, 11) is 1.57. The van der Waals surface area contributed by atoms with E-state index in [0.29, 0.717) is 39.0 Å². The van der Waals surface area contributed by atoms with Gasteiger partial charge >= 0.3 is 0 Å². The lowest BCUT2D eigenvalue weighted by Crippen LogP contribution is -2.46. The van der Waals surface area contributed by atoms with Crippen molar-refractivity contribution in [3.8, 4) is 0 Å². The summed E-state index contributed by atoms with van der Waals surface area (Å²) in [5.41, 5.74) is -0.169. The molecular formula is C14H20N4O4. The maximum absolute atomic E-state index is 12.0. The van der Waals surface area contributed by atoms with Crippen molar-refractivity contribution >= 4 is 11.8 Å². The van der Waals surface area contributed by atoms with E-state index in [9.17, 15) is 14.4 Å². The maximum atomic E-state index is 12.0. The van der Waals surface area contributed by atoms with Gasteiger partial charge in [0.25, 0.3) is 11.5 Å². The maximum Gasteiger partial charge on any atom is 0.271 e. The van der Waals surface area contributed by atoms with Gasteiger partial charge in [0.2, 0.25) is 5.91 Å². The molecule has 1 aromatic rings. The SMILES string of the molecule is COCCC(=O)N1CCC(NC(=O)c2ccc(=O)[nH]n2)CC1. The highest BCUT2D eigenvalue weighted by Crippen LogP contribution is 2.12. The molecule has 8 heteroatoms. The number of hydrogen-bond donors (Lipinski definition) is 2. The standard InChI is InChI=1S/C14H20N4O4/c1-22-9-6-13(20)18-7-4-10(5-8-18)15-14(21)11-2-3-12(19)17-16-11/h2-3,10H,4-9H2,1H3,(H,15,21)(H,17,19). The number of amides is 2. The number of carbonyl (C=O) groups excluding carboxylic acids is 2. The molecule has 0 unspecified atom stereocenters. The molecule has 1 aliphatic rings. The third kappa shape index (κ3) is 4.39. The molecule has 1 aliphatic heterocycles. The Bertz CT molecular complexity index is 558. The molecule has 0 spiro atoms. The number of nitrogens with one attached hydrogen (secondary N) is 2. The minimum atomic E-state index is -0.348. The van der Waals surface area contributed by atoms with E-state index in [1.54, 1.807) is 12.0 Å². The fourth-order valence-electron chi connectivity index (χ4n) is 2.35. The lowest BCUT2D eigenvalue weighted by atomic mass is 10.0. The van der Waals surface area contributed by atoms with Crippen molar-refractivity contribution in [2.24, 2.45) is 0 Å². The first kappa shape index (κ1) is 16.2. The summed E-state index contributed by atoms with van der Waals surface area (Å²) in [6, 6.07) is 2.66. The third-order valence-electron chi connectivity index (χ3n) is 3.61. The summed E-state index contributed by atoms with van der Waals surface area (Å²) < 4.78 is 4.90. The average Bonchev–Trinajstić information content (AvgIpc) is 2.54. The number of likely N-dealkylation sites (tertiary alicyclic amines) is 1. The molecule has 0 bridgehead atoms. The number of aromatic nitrogens is 2. The van der Waals surface area contributed by atoms with Crippen LogP contribution >= 0.6 is 0 Å². The molecular weight excluding hydrogens is 288 g/mol. The van der Waals surface area contributed by atoms with E-state index in [1.165, 1.54) is 12.1 Å². The molecule has 0 saturated carbocycles. The van der Waals surface area contributed by atoms with Gasteiger partial charge in [-0.3, -0.25) is 14.4 Å². The number of aromatic amines is 1. The van der Waals surface area contributed by atoms with Gasteiger partial charge < -0.3 is 15.0 Å². The fraction of sp³-hybridized carbons (Fsp3) is 0.571. The van der Waals surface area contributed by atoms with Gasteiger partial charge in [0.15, 0.2) is 0 Å². The Morgan fingerprint density at radius 3 is 2.73 bits per heavy atom. The summed E-state index contributed by atoms with van der Waals surface area (Å²) in [5, 5.41) is 8.79. The van der Waals surface area contributed by atoms with Crippen LogP contribution in [0.1, 0.15) is 29.8 Å². The van der Waals surface area contributed by atoms with E-state index in [0.717, 1.165) is 0 Å². The Balaban J connectivity index is 1.79. The topological polar surface area (TPSA) is 104 Å². The molecule has 2 N–H and O–H groups in total. The monoisotopic (exact) mass is 308 g/mol.